The number of anilines is 1. The summed E-state index contributed by atoms with van der Waals surface area (Å²) in [5.74, 6) is 0.509. The molecule has 0 fully saturated rings. The number of nitrogens with one attached hydrogen (secondary N) is 2. The SMILES string of the molecule is Cc1cccc(Oc2ccccc2NC(=O)CNC(=O)[C@@H](N)C(C)C)c1.Cl. The van der Waals surface area contributed by atoms with Gasteiger partial charge in [-0.2, -0.15) is 0 Å². The third-order valence-electron chi connectivity index (χ3n) is 3.82. The second-order valence-corrected chi connectivity index (χ2v) is 6.45. The zero-order chi connectivity index (χ0) is 19.1. The van der Waals surface area contributed by atoms with Crippen LogP contribution in [0, 0.1) is 12.8 Å². The zero-order valence-corrected chi connectivity index (χ0v) is 16.5. The van der Waals surface area contributed by atoms with Gasteiger partial charge in [0, 0.05) is 0 Å². The van der Waals surface area contributed by atoms with Crippen molar-refractivity contribution in [3.8, 4) is 11.5 Å². The normalized spacial score (nSPS) is 11.3. The second-order valence-electron chi connectivity index (χ2n) is 6.45. The lowest BCUT2D eigenvalue weighted by molar-refractivity contribution is -0.125. The summed E-state index contributed by atoms with van der Waals surface area (Å²) in [4.78, 5) is 24.0. The fourth-order valence-corrected chi connectivity index (χ4v) is 2.25. The predicted octanol–water partition coefficient (Wildman–Crippen LogP) is 3.25. The van der Waals surface area contributed by atoms with Crippen LogP contribution in [-0.4, -0.2) is 24.4 Å². The first-order valence-electron chi connectivity index (χ1n) is 8.53. The van der Waals surface area contributed by atoms with E-state index in [-0.39, 0.29) is 36.7 Å². The van der Waals surface area contributed by atoms with E-state index in [4.69, 9.17) is 10.5 Å². The number of carbonyl (C=O) groups is 2. The Balaban J connectivity index is 0.00000364. The Bertz CT molecular complexity index is 781. The molecule has 0 unspecified atom stereocenters. The first-order chi connectivity index (χ1) is 12.4. The highest BCUT2D eigenvalue weighted by Crippen LogP contribution is 2.29. The monoisotopic (exact) mass is 391 g/mol. The van der Waals surface area contributed by atoms with Gasteiger partial charge >= 0.3 is 0 Å². The second kappa shape index (κ2) is 10.5. The summed E-state index contributed by atoms with van der Waals surface area (Å²) >= 11 is 0. The van der Waals surface area contributed by atoms with Gasteiger partial charge in [-0.1, -0.05) is 38.1 Å². The smallest absolute Gasteiger partial charge is 0.243 e. The van der Waals surface area contributed by atoms with Gasteiger partial charge in [0.05, 0.1) is 18.3 Å². The van der Waals surface area contributed by atoms with Crippen molar-refractivity contribution in [2.45, 2.75) is 26.8 Å². The van der Waals surface area contributed by atoms with Crippen molar-refractivity contribution in [3.63, 3.8) is 0 Å². The van der Waals surface area contributed by atoms with Crippen molar-refractivity contribution in [1.82, 2.24) is 5.32 Å². The molecule has 2 rings (SSSR count). The quantitative estimate of drug-likeness (QED) is 0.675. The summed E-state index contributed by atoms with van der Waals surface area (Å²) in [5, 5.41) is 5.29. The Hall–Kier alpha value is -2.57. The lowest BCUT2D eigenvalue weighted by atomic mass is 10.1. The zero-order valence-electron chi connectivity index (χ0n) is 15.7. The number of hydrogen-bond acceptors (Lipinski definition) is 4. The molecule has 0 radical (unpaired) electrons. The minimum atomic E-state index is -0.639. The Morgan fingerprint density at radius 2 is 1.81 bits per heavy atom. The number of halogens is 1. The first kappa shape index (κ1) is 22.5. The van der Waals surface area contributed by atoms with Crippen LogP contribution in [0.3, 0.4) is 0 Å². The van der Waals surface area contributed by atoms with Crippen LogP contribution >= 0.6 is 12.4 Å². The minimum Gasteiger partial charge on any atom is -0.455 e. The van der Waals surface area contributed by atoms with Crippen LogP contribution < -0.4 is 21.1 Å². The fourth-order valence-electron chi connectivity index (χ4n) is 2.25. The maximum Gasteiger partial charge on any atom is 0.243 e. The molecule has 1 atom stereocenters. The number of carbonyl (C=O) groups excluding carboxylic acids is 2. The molecule has 0 aliphatic rings. The molecule has 0 saturated heterocycles. The largest absolute Gasteiger partial charge is 0.455 e. The molecular weight excluding hydrogens is 366 g/mol. The van der Waals surface area contributed by atoms with Gasteiger partial charge in [0.15, 0.2) is 5.75 Å². The molecule has 0 aliphatic heterocycles. The minimum absolute atomic E-state index is 0. The highest BCUT2D eigenvalue weighted by atomic mass is 35.5. The lowest BCUT2D eigenvalue weighted by Crippen LogP contribution is -2.46. The van der Waals surface area contributed by atoms with Gasteiger partial charge < -0.3 is 21.1 Å². The summed E-state index contributed by atoms with van der Waals surface area (Å²) in [7, 11) is 0. The molecule has 0 aliphatic carbocycles. The summed E-state index contributed by atoms with van der Waals surface area (Å²) in [6.45, 7) is 5.52. The Labute approximate surface area is 165 Å². The number of ether oxygens (including phenoxy) is 1. The molecule has 0 spiro atoms. The van der Waals surface area contributed by atoms with Gasteiger partial charge in [0.2, 0.25) is 11.8 Å². The average Bonchev–Trinajstić information content (AvgIpc) is 2.60. The number of nitrogens with two attached hydrogens (primary N) is 1. The average molecular weight is 392 g/mol. The number of hydrogen-bond donors (Lipinski definition) is 3. The van der Waals surface area contributed by atoms with Crippen LogP contribution in [0.1, 0.15) is 19.4 Å². The third-order valence-corrected chi connectivity index (χ3v) is 3.82. The van der Waals surface area contributed by atoms with E-state index in [2.05, 4.69) is 10.6 Å². The standard InChI is InChI=1S/C20H25N3O3.ClH/c1-13(2)19(21)20(25)22-12-18(24)23-16-9-4-5-10-17(16)26-15-8-6-7-14(3)11-15;/h4-11,13,19H,12,21H2,1-3H3,(H,22,25)(H,23,24);1H/t19-;/m0./s1. The van der Waals surface area contributed by atoms with Crippen molar-refractivity contribution < 1.29 is 14.3 Å². The fraction of sp³-hybridized carbons (Fsp3) is 0.300. The van der Waals surface area contributed by atoms with E-state index in [9.17, 15) is 9.59 Å². The molecule has 6 nitrogen and oxygen atoms in total. The van der Waals surface area contributed by atoms with Crippen molar-refractivity contribution in [2.75, 3.05) is 11.9 Å². The van der Waals surface area contributed by atoms with Crippen molar-refractivity contribution >= 4 is 29.9 Å². The molecule has 0 bridgehead atoms. The van der Waals surface area contributed by atoms with E-state index < -0.39 is 6.04 Å². The summed E-state index contributed by atoms with van der Waals surface area (Å²) in [6.07, 6.45) is 0. The van der Waals surface area contributed by atoms with Gasteiger partial charge in [0.25, 0.3) is 0 Å². The first-order valence-corrected chi connectivity index (χ1v) is 8.53. The van der Waals surface area contributed by atoms with Crippen LogP contribution in [0.4, 0.5) is 5.69 Å². The van der Waals surface area contributed by atoms with Crippen LogP contribution in [0.25, 0.3) is 0 Å². The molecule has 2 aromatic carbocycles. The van der Waals surface area contributed by atoms with Gasteiger partial charge in [-0.25, -0.2) is 0 Å². The molecule has 2 aromatic rings. The van der Waals surface area contributed by atoms with E-state index in [0.29, 0.717) is 17.2 Å². The Morgan fingerprint density at radius 3 is 2.48 bits per heavy atom. The topological polar surface area (TPSA) is 93.5 Å². The van der Waals surface area contributed by atoms with Gasteiger partial charge in [-0.3, -0.25) is 9.59 Å². The molecular formula is C20H26ClN3O3. The highest BCUT2D eigenvalue weighted by Gasteiger charge is 2.18. The van der Waals surface area contributed by atoms with E-state index in [1.54, 1.807) is 18.2 Å². The summed E-state index contributed by atoms with van der Waals surface area (Å²) < 4.78 is 5.86. The number of para-hydroxylation sites is 2. The number of aryl methyl sites for hydroxylation is 1. The number of amides is 2. The highest BCUT2D eigenvalue weighted by molar-refractivity contribution is 5.96. The van der Waals surface area contributed by atoms with E-state index in [1.807, 2.05) is 51.1 Å². The van der Waals surface area contributed by atoms with Crippen LogP contribution in [0.15, 0.2) is 48.5 Å². The van der Waals surface area contributed by atoms with E-state index in [1.165, 1.54) is 0 Å². The molecule has 27 heavy (non-hydrogen) atoms. The molecule has 7 heteroatoms. The van der Waals surface area contributed by atoms with Crippen LogP contribution in [0.5, 0.6) is 11.5 Å². The van der Waals surface area contributed by atoms with Crippen LogP contribution in [-0.2, 0) is 9.59 Å². The molecule has 2 amide bonds. The predicted molar refractivity (Wildman–Crippen MR) is 109 cm³/mol. The maximum absolute atomic E-state index is 12.1. The maximum atomic E-state index is 12.1. The number of rotatable bonds is 7. The van der Waals surface area contributed by atoms with Crippen molar-refractivity contribution in [3.05, 3.63) is 54.1 Å². The molecule has 146 valence electrons. The van der Waals surface area contributed by atoms with Gasteiger partial charge in [-0.15, -0.1) is 12.4 Å². The van der Waals surface area contributed by atoms with Crippen LogP contribution in [0.2, 0.25) is 0 Å². The Kier molecular flexibility index (Phi) is 8.78. The summed E-state index contributed by atoms with van der Waals surface area (Å²) in [5.41, 5.74) is 7.36. The molecule has 0 aromatic heterocycles. The van der Waals surface area contributed by atoms with Gasteiger partial charge in [-0.05, 0) is 42.7 Å². The van der Waals surface area contributed by atoms with Crippen molar-refractivity contribution in [2.24, 2.45) is 11.7 Å². The van der Waals surface area contributed by atoms with Crippen molar-refractivity contribution in [1.29, 1.82) is 0 Å². The molecule has 0 heterocycles. The van der Waals surface area contributed by atoms with E-state index in [0.717, 1.165) is 5.56 Å². The third kappa shape index (κ3) is 6.92. The van der Waals surface area contributed by atoms with E-state index >= 15 is 0 Å². The lowest BCUT2D eigenvalue weighted by Gasteiger charge is -2.16. The molecule has 0 saturated carbocycles. The van der Waals surface area contributed by atoms with Gasteiger partial charge in [0.1, 0.15) is 5.75 Å². The molecule has 4 N–H and O–H groups in total. The Morgan fingerprint density at radius 1 is 1.11 bits per heavy atom. The number of benzene rings is 2. The summed E-state index contributed by atoms with van der Waals surface area (Å²) in [6, 6.07) is 14.1.